The van der Waals surface area contributed by atoms with Crippen LogP contribution in [0.2, 0.25) is 0 Å². The van der Waals surface area contributed by atoms with Crippen LogP contribution in [0.3, 0.4) is 0 Å². The van der Waals surface area contributed by atoms with Gasteiger partial charge in [-0.15, -0.1) is 0 Å². The second-order valence-electron chi connectivity index (χ2n) is 4.23. The lowest BCUT2D eigenvalue weighted by Crippen LogP contribution is -2.03. The molecule has 0 spiro atoms. The Morgan fingerprint density at radius 1 is 1.37 bits per heavy atom. The molecular weight excluding hydrogens is 232 g/mol. The Bertz CT molecular complexity index is 589. The third-order valence-electron chi connectivity index (χ3n) is 3.05. The van der Waals surface area contributed by atoms with Gasteiger partial charge >= 0.3 is 0 Å². The number of nitrogens with one attached hydrogen (secondary N) is 1. The maximum atomic E-state index is 4.71. The molecule has 0 aliphatic heterocycles. The van der Waals surface area contributed by atoms with E-state index in [4.69, 9.17) is 4.98 Å². The van der Waals surface area contributed by atoms with Gasteiger partial charge in [0.1, 0.15) is 0 Å². The quantitative estimate of drug-likeness (QED) is 0.804. The van der Waals surface area contributed by atoms with Crippen molar-refractivity contribution in [1.29, 1.82) is 0 Å². The predicted molar refractivity (Wildman–Crippen MR) is 83.3 cm³/mol. The third kappa shape index (κ3) is 2.91. The first kappa shape index (κ1) is 13.1. The van der Waals surface area contributed by atoms with Gasteiger partial charge in [-0.25, -0.2) is 4.98 Å². The molecule has 96 valence electrons. The zero-order valence-corrected chi connectivity index (χ0v) is 11.2. The Morgan fingerprint density at radius 2 is 2.21 bits per heavy atom. The molecule has 2 heteroatoms. The molecule has 19 heavy (non-hydrogen) atoms. The van der Waals surface area contributed by atoms with Crippen molar-refractivity contribution in [2.75, 3.05) is 7.05 Å². The number of rotatable bonds is 5. The lowest BCUT2D eigenvalue weighted by atomic mass is 10.1. The summed E-state index contributed by atoms with van der Waals surface area (Å²) in [4.78, 5) is 4.71. The number of hydrogen-bond acceptors (Lipinski definition) is 2. The molecule has 0 fully saturated rings. The lowest BCUT2D eigenvalue weighted by molar-refractivity contribution is 1.04. The molecule has 0 atom stereocenters. The first-order chi connectivity index (χ1) is 9.28. The van der Waals surface area contributed by atoms with E-state index in [-0.39, 0.29) is 0 Å². The first-order valence-electron chi connectivity index (χ1n) is 6.31. The smallest absolute Gasteiger partial charge is 0.0729 e. The zero-order valence-electron chi connectivity index (χ0n) is 11.2. The highest BCUT2D eigenvalue weighted by Gasteiger charge is 2.06. The second kappa shape index (κ2) is 6.01. The van der Waals surface area contributed by atoms with E-state index in [2.05, 4.69) is 36.7 Å². The van der Waals surface area contributed by atoms with E-state index < -0.39 is 0 Å². The second-order valence-corrected chi connectivity index (χ2v) is 4.23. The lowest BCUT2D eigenvalue weighted by Gasteiger charge is -2.07. The molecule has 1 heterocycles. The normalized spacial score (nSPS) is 14.2. The zero-order chi connectivity index (χ0) is 13.7. The molecule has 1 aliphatic carbocycles. The third-order valence-corrected chi connectivity index (χ3v) is 3.05. The number of aromatic nitrogens is 1. The number of allylic oxidation sites excluding steroid dienone is 5. The molecule has 1 aliphatic rings. The molecule has 2 nitrogen and oxygen atoms in total. The fourth-order valence-corrected chi connectivity index (χ4v) is 1.96. The van der Waals surface area contributed by atoms with Crippen LogP contribution in [-0.4, -0.2) is 12.0 Å². The van der Waals surface area contributed by atoms with Crippen molar-refractivity contribution in [1.82, 2.24) is 10.3 Å². The molecule has 0 saturated heterocycles. The Balaban J connectivity index is 2.47. The van der Waals surface area contributed by atoms with Crippen molar-refractivity contribution < 1.29 is 0 Å². The van der Waals surface area contributed by atoms with Crippen LogP contribution >= 0.6 is 0 Å². The summed E-state index contributed by atoms with van der Waals surface area (Å²) in [5.41, 5.74) is 5.02. The van der Waals surface area contributed by atoms with Gasteiger partial charge in [-0.05, 0) is 35.8 Å². The Morgan fingerprint density at radius 3 is 2.79 bits per heavy atom. The van der Waals surface area contributed by atoms with Gasteiger partial charge in [-0.2, -0.15) is 0 Å². The van der Waals surface area contributed by atoms with E-state index in [1.165, 1.54) is 5.57 Å². The summed E-state index contributed by atoms with van der Waals surface area (Å²) in [6.07, 6.45) is 13.0. The van der Waals surface area contributed by atoms with Gasteiger partial charge in [-0.3, -0.25) is 0 Å². The molecule has 1 aromatic rings. The van der Waals surface area contributed by atoms with E-state index in [9.17, 15) is 0 Å². The van der Waals surface area contributed by atoms with E-state index in [0.29, 0.717) is 0 Å². The minimum atomic E-state index is 0.901. The summed E-state index contributed by atoms with van der Waals surface area (Å²) in [5.74, 6) is 0. The van der Waals surface area contributed by atoms with Gasteiger partial charge in [0.25, 0.3) is 0 Å². The Labute approximate surface area is 114 Å². The van der Waals surface area contributed by atoms with E-state index >= 15 is 0 Å². The minimum Gasteiger partial charge on any atom is -0.388 e. The van der Waals surface area contributed by atoms with Gasteiger partial charge in [0, 0.05) is 12.7 Å². The summed E-state index contributed by atoms with van der Waals surface area (Å²) in [5, 5.41) is 3.08. The van der Waals surface area contributed by atoms with Crippen LogP contribution in [0.4, 0.5) is 0 Å². The van der Waals surface area contributed by atoms with Gasteiger partial charge < -0.3 is 5.32 Å². The molecule has 0 bridgehead atoms. The standard InChI is InChI=1S/C17H18N2/c1-4-13-10-11-16(14-8-6-7-9-14)19-17(13)12-15(5-2)18-3/h4-6,8-12,18H,1-2,7H2,3H3/b15-12+. The van der Waals surface area contributed by atoms with Gasteiger partial charge in [0.15, 0.2) is 0 Å². The number of pyridine rings is 1. The molecule has 0 saturated carbocycles. The number of likely N-dealkylation sites (N-methyl/N-ethyl adjacent to an activating group) is 1. The molecule has 0 radical (unpaired) electrons. The van der Waals surface area contributed by atoms with Crippen molar-refractivity contribution in [3.05, 3.63) is 72.2 Å². The molecule has 1 N–H and O–H groups in total. The Kier molecular flexibility index (Phi) is 4.14. The molecule has 2 rings (SSSR count). The average Bonchev–Trinajstić information content (AvgIpc) is 2.98. The highest BCUT2D eigenvalue weighted by Crippen LogP contribution is 2.22. The van der Waals surface area contributed by atoms with Crippen LogP contribution in [0.25, 0.3) is 17.7 Å². The highest BCUT2D eigenvalue weighted by atomic mass is 14.8. The van der Waals surface area contributed by atoms with Gasteiger partial charge in [0.2, 0.25) is 0 Å². The fraction of sp³-hybridized carbons (Fsp3) is 0.118. The van der Waals surface area contributed by atoms with Crippen LogP contribution in [0, 0.1) is 0 Å². The maximum Gasteiger partial charge on any atom is 0.0729 e. The summed E-state index contributed by atoms with van der Waals surface area (Å²) < 4.78 is 0. The fourth-order valence-electron chi connectivity index (χ4n) is 1.96. The van der Waals surface area contributed by atoms with Gasteiger partial charge in [-0.1, -0.05) is 43.5 Å². The Hall–Kier alpha value is -2.35. The topological polar surface area (TPSA) is 24.9 Å². The van der Waals surface area contributed by atoms with Crippen LogP contribution in [0.5, 0.6) is 0 Å². The van der Waals surface area contributed by atoms with Crippen LogP contribution in [0.15, 0.2) is 55.3 Å². The number of nitrogens with zero attached hydrogens (tertiary/aromatic N) is 1. The molecular formula is C17H18N2. The van der Waals surface area contributed by atoms with Crippen molar-refractivity contribution in [2.45, 2.75) is 6.42 Å². The van der Waals surface area contributed by atoms with Crippen LogP contribution in [-0.2, 0) is 0 Å². The van der Waals surface area contributed by atoms with E-state index in [1.54, 1.807) is 6.08 Å². The van der Waals surface area contributed by atoms with Crippen molar-refractivity contribution in [2.24, 2.45) is 0 Å². The molecule has 1 aromatic heterocycles. The monoisotopic (exact) mass is 250 g/mol. The van der Waals surface area contributed by atoms with Crippen molar-refractivity contribution in [3.63, 3.8) is 0 Å². The predicted octanol–water partition coefficient (Wildman–Crippen LogP) is 3.81. The first-order valence-corrected chi connectivity index (χ1v) is 6.31. The van der Waals surface area contributed by atoms with Crippen LogP contribution < -0.4 is 5.32 Å². The average molecular weight is 250 g/mol. The summed E-state index contributed by atoms with van der Waals surface area (Å²) in [6.45, 7) is 7.61. The SMILES string of the molecule is C=C/C(=C\c1nc(C2=CCC=C2)ccc1C=C)NC. The molecule has 0 aromatic carbocycles. The van der Waals surface area contributed by atoms with Gasteiger partial charge in [0.05, 0.1) is 11.4 Å². The highest BCUT2D eigenvalue weighted by molar-refractivity contribution is 5.76. The van der Waals surface area contributed by atoms with E-state index in [1.807, 2.05) is 31.3 Å². The molecule has 0 amide bonds. The minimum absolute atomic E-state index is 0.901. The number of hydrogen-bond donors (Lipinski definition) is 1. The maximum absolute atomic E-state index is 4.71. The summed E-state index contributed by atoms with van der Waals surface area (Å²) in [6, 6.07) is 4.08. The van der Waals surface area contributed by atoms with Crippen molar-refractivity contribution in [3.8, 4) is 0 Å². The van der Waals surface area contributed by atoms with E-state index in [0.717, 1.165) is 29.1 Å². The van der Waals surface area contributed by atoms with Crippen molar-refractivity contribution >= 4 is 17.7 Å². The summed E-state index contributed by atoms with van der Waals surface area (Å²) in [7, 11) is 1.87. The largest absolute Gasteiger partial charge is 0.388 e. The molecule has 0 unspecified atom stereocenters. The summed E-state index contributed by atoms with van der Waals surface area (Å²) >= 11 is 0. The van der Waals surface area contributed by atoms with Crippen LogP contribution in [0.1, 0.15) is 23.4 Å².